The molecule has 1 N–H and O–H groups in total. The standard InChI is InChI=1S/C18H21N3O5S2/c1-25-14-6-4-12(10-15(14)26-2)5-7-17(22)20-18-19-13-8-9-21(28(3,23)24)11-16(13)27-18/h4-7,10H,8-9,11H2,1-3H3,(H,19,20,22)/b7-5+. The molecule has 0 fully saturated rings. The number of ether oxygens (including phenoxy) is 2. The number of fused-ring (bicyclic) bond motifs is 1. The molecule has 8 nitrogen and oxygen atoms in total. The fourth-order valence-electron chi connectivity index (χ4n) is 2.78. The molecule has 0 atom stereocenters. The van der Waals surface area contributed by atoms with Crippen LogP contribution in [0.25, 0.3) is 6.08 Å². The van der Waals surface area contributed by atoms with Crippen molar-refractivity contribution in [1.82, 2.24) is 9.29 Å². The van der Waals surface area contributed by atoms with Crippen LogP contribution in [0.3, 0.4) is 0 Å². The maximum atomic E-state index is 12.2. The number of nitrogens with zero attached hydrogens (tertiary/aromatic N) is 2. The van der Waals surface area contributed by atoms with Gasteiger partial charge in [0.15, 0.2) is 16.6 Å². The van der Waals surface area contributed by atoms with E-state index in [4.69, 9.17) is 9.47 Å². The molecule has 1 aliphatic heterocycles. The van der Waals surface area contributed by atoms with Crippen molar-refractivity contribution >= 4 is 38.5 Å². The number of methoxy groups -OCH3 is 2. The monoisotopic (exact) mass is 423 g/mol. The largest absolute Gasteiger partial charge is 0.493 e. The summed E-state index contributed by atoms with van der Waals surface area (Å²) in [6.45, 7) is 0.700. The Labute approximate surface area is 167 Å². The first-order valence-electron chi connectivity index (χ1n) is 8.45. The van der Waals surface area contributed by atoms with Crippen LogP contribution in [0.5, 0.6) is 11.5 Å². The van der Waals surface area contributed by atoms with E-state index >= 15 is 0 Å². The normalized spacial score (nSPS) is 14.7. The summed E-state index contributed by atoms with van der Waals surface area (Å²) in [6.07, 6.45) is 4.80. The van der Waals surface area contributed by atoms with Gasteiger partial charge in [0, 0.05) is 30.5 Å². The van der Waals surface area contributed by atoms with Crippen molar-refractivity contribution in [2.75, 3.05) is 32.3 Å². The zero-order valence-electron chi connectivity index (χ0n) is 15.8. The van der Waals surface area contributed by atoms with E-state index in [1.54, 1.807) is 32.4 Å². The second kappa shape index (κ2) is 8.29. The highest BCUT2D eigenvalue weighted by Gasteiger charge is 2.26. The van der Waals surface area contributed by atoms with E-state index in [0.29, 0.717) is 36.1 Å². The molecule has 28 heavy (non-hydrogen) atoms. The molecule has 3 rings (SSSR count). The van der Waals surface area contributed by atoms with Crippen LogP contribution in [0.15, 0.2) is 24.3 Å². The van der Waals surface area contributed by atoms with Gasteiger partial charge in [-0.2, -0.15) is 4.31 Å². The molecule has 0 spiro atoms. The molecule has 0 bridgehead atoms. The summed E-state index contributed by atoms with van der Waals surface area (Å²) < 4.78 is 35.2. The van der Waals surface area contributed by atoms with Gasteiger partial charge in [0.2, 0.25) is 15.9 Å². The van der Waals surface area contributed by atoms with Crippen LogP contribution >= 0.6 is 11.3 Å². The predicted molar refractivity (Wildman–Crippen MR) is 108 cm³/mol. The van der Waals surface area contributed by atoms with E-state index < -0.39 is 10.0 Å². The van der Waals surface area contributed by atoms with Crippen molar-refractivity contribution in [3.05, 3.63) is 40.4 Å². The first-order chi connectivity index (χ1) is 13.3. The van der Waals surface area contributed by atoms with Gasteiger partial charge in [-0.3, -0.25) is 10.1 Å². The fraction of sp³-hybridized carbons (Fsp3) is 0.333. The summed E-state index contributed by atoms with van der Waals surface area (Å²) in [5.41, 5.74) is 1.62. The Morgan fingerprint density at radius 2 is 2.04 bits per heavy atom. The Morgan fingerprint density at radius 3 is 2.71 bits per heavy atom. The molecule has 0 unspecified atom stereocenters. The summed E-state index contributed by atoms with van der Waals surface area (Å²) in [4.78, 5) is 17.5. The number of hydrogen-bond acceptors (Lipinski definition) is 7. The molecule has 0 saturated heterocycles. The topological polar surface area (TPSA) is 97.8 Å². The highest BCUT2D eigenvalue weighted by atomic mass is 32.2. The van der Waals surface area contributed by atoms with Gasteiger partial charge in [-0.1, -0.05) is 6.07 Å². The molecule has 1 aromatic carbocycles. The van der Waals surface area contributed by atoms with E-state index in [1.165, 1.54) is 28.0 Å². The molecule has 10 heteroatoms. The molecule has 1 amide bonds. The van der Waals surface area contributed by atoms with Gasteiger partial charge in [0.1, 0.15) is 0 Å². The summed E-state index contributed by atoms with van der Waals surface area (Å²) >= 11 is 1.30. The first-order valence-corrected chi connectivity index (χ1v) is 11.1. The minimum atomic E-state index is -3.24. The van der Waals surface area contributed by atoms with Crippen molar-refractivity contribution in [3.63, 3.8) is 0 Å². The highest BCUT2D eigenvalue weighted by molar-refractivity contribution is 7.88. The lowest BCUT2D eigenvalue weighted by Gasteiger charge is -2.23. The Bertz CT molecular complexity index is 1010. The third kappa shape index (κ3) is 4.70. The minimum Gasteiger partial charge on any atom is -0.493 e. The Kier molecular flexibility index (Phi) is 6.01. The van der Waals surface area contributed by atoms with Crippen molar-refractivity contribution in [3.8, 4) is 11.5 Å². The maximum Gasteiger partial charge on any atom is 0.250 e. The Balaban J connectivity index is 1.66. The molecule has 1 aromatic heterocycles. The van der Waals surface area contributed by atoms with Crippen LogP contribution in [0.4, 0.5) is 5.13 Å². The van der Waals surface area contributed by atoms with Gasteiger partial charge in [-0.15, -0.1) is 11.3 Å². The van der Waals surface area contributed by atoms with E-state index in [9.17, 15) is 13.2 Å². The maximum absolute atomic E-state index is 12.2. The van der Waals surface area contributed by atoms with E-state index in [1.807, 2.05) is 6.07 Å². The van der Waals surface area contributed by atoms with Crippen molar-refractivity contribution < 1.29 is 22.7 Å². The number of carbonyl (C=O) groups excluding carboxylic acids is 1. The number of anilines is 1. The summed E-state index contributed by atoms with van der Waals surface area (Å²) in [5, 5.41) is 3.19. The summed E-state index contributed by atoms with van der Waals surface area (Å²) in [6, 6.07) is 5.34. The number of nitrogens with one attached hydrogen (secondary N) is 1. The molecule has 1 aliphatic rings. The van der Waals surface area contributed by atoms with Gasteiger partial charge in [0.25, 0.3) is 0 Å². The van der Waals surface area contributed by atoms with Gasteiger partial charge < -0.3 is 9.47 Å². The van der Waals surface area contributed by atoms with E-state index in [0.717, 1.165) is 16.1 Å². The second-order valence-electron chi connectivity index (χ2n) is 6.17. The fourth-order valence-corrected chi connectivity index (χ4v) is 4.68. The van der Waals surface area contributed by atoms with Crippen molar-refractivity contribution in [1.29, 1.82) is 0 Å². The molecular weight excluding hydrogens is 402 g/mol. The Hall–Kier alpha value is -2.43. The molecule has 150 valence electrons. The number of thiazole rings is 1. The lowest BCUT2D eigenvalue weighted by Crippen LogP contribution is -2.34. The van der Waals surface area contributed by atoms with Crippen LogP contribution in [-0.2, 0) is 27.8 Å². The number of carbonyl (C=O) groups is 1. The van der Waals surface area contributed by atoms with Gasteiger partial charge in [0.05, 0.1) is 26.2 Å². The first kappa shape index (κ1) is 20.3. The van der Waals surface area contributed by atoms with Gasteiger partial charge in [-0.25, -0.2) is 13.4 Å². The molecule has 2 aromatic rings. The highest BCUT2D eigenvalue weighted by Crippen LogP contribution is 2.30. The average Bonchev–Trinajstić information content (AvgIpc) is 3.06. The van der Waals surface area contributed by atoms with Gasteiger partial charge in [-0.05, 0) is 23.8 Å². The zero-order chi connectivity index (χ0) is 20.3. The quantitative estimate of drug-likeness (QED) is 0.715. The smallest absolute Gasteiger partial charge is 0.250 e. The third-order valence-electron chi connectivity index (χ3n) is 4.23. The molecular formula is C18H21N3O5S2. The number of hydrogen-bond donors (Lipinski definition) is 1. The number of benzene rings is 1. The van der Waals surface area contributed by atoms with Crippen molar-refractivity contribution in [2.45, 2.75) is 13.0 Å². The lowest BCUT2D eigenvalue weighted by molar-refractivity contribution is -0.111. The molecule has 2 heterocycles. The second-order valence-corrected chi connectivity index (χ2v) is 9.24. The van der Waals surface area contributed by atoms with Crippen LogP contribution < -0.4 is 14.8 Å². The summed E-state index contributed by atoms with van der Waals surface area (Å²) in [7, 11) is -0.130. The minimum absolute atomic E-state index is 0.295. The van der Waals surface area contributed by atoms with Gasteiger partial charge >= 0.3 is 0 Å². The molecule has 0 radical (unpaired) electrons. The summed E-state index contributed by atoms with van der Waals surface area (Å²) in [5.74, 6) is 0.870. The number of sulfonamides is 1. The molecule has 0 aliphatic carbocycles. The number of aromatic nitrogens is 1. The average molecular weight is 424 g/mol. The number of amides is 1. The predicted octanol–water partition coefficient (Wildman–Crippen LogP) is 2.13. The zero-order valence-corrected chi connectivity index (χ0v) is 17.4. The lowest BCUT2D eigenvalue weighted by atomic mass is 10.2. The SMILES string of the molecule is COc1ccc(/C=C/C(=O)Nc2nc3c(s2)CN(S(C)(=O)=O)CC3)cc1OC. The Morgan fingerprint density at radius 1 is 1.29 bits per heavy atom. The third-order valence-corrected chi connectivity index (χ3v) is 6.48. The van der Waals surface area contributed by atoms with Crippen LogP contribution in [0.1, 0.15) is 16.1 Å². The van der Waals surface area contributed by atoms with Crippen LogP contribution in [0, 0.1) is 0 Å². The van der Waals surface area contributed by atoms with Crippen LogP contribution in [-0.4, -0.2) is 50.6 Å². The van der Waals surface area contributed by atoms with E-state index in [-0.39, 0.29) is 5.91 Å². The number of rotatable bonds is 6. The van der Waals surface area contributed by atoms with Crippen molar-refractivity contribution in [2.24, 2.45) is 0 Å². The van der Waals surface area contributed by atoms with Crippen LogP contribution in [0.2, 0.25) is 0 Å². The molecule has 0 saturated carbocycles. The van der Waals surface area contributed by atoms with E-state index in [2.05, 4.69) is 10.3 Å².